The number of carbonyl (C=O) groups is 1. The largest absolute Gasteiger partial charge is 0.368 e. The molecule has 0 saturated carbocycles. The monoisotopic (exact) mass is 322 g/mol. The fourth-order valence-corrected chi connectivity index (χ4v) is 3.40. The van der Waals surface area contributed by atoms with Gasteiger partial charge in [-0.05, 0) is 49.1 Å². The molecule has 24 heavy (non-hydrogen) atoms. The van der Waals surface area contributed by atoms with Crippen molar-refractivity contribution in [2.45, 2.75) is 26.7 Å². The van der Waals surface area contributed by atoms with Crippen molar-refractivity contribution in [2.75, 3.05) is 31.1 Å². The maximum atomic E-state index is 12.4. The molecule has 0 N–H and O–H groups in total. The lowest BCUT2D eigenvalue weighted by molar-refractivity contribution is -0.131. The third-order valence-electron chi connectivity index (χ3n) is 4.67. The highest BCUT2D eigenvalue weighted by Gasteiger charge is 2.21. The fourth-order valence-electron chi connectivity index (χ4n) is 3.40. The van der Waals surface area contributed by atoms with Gasteiger partial charge in [0, 0.05) is 38.3 Å². The Labute approximate surface area is 144 Å². The SMILES string of the molecule is Cc1cc(C)cc(N2CCN(C(=O)CCc3ccccc3)CC2)c1. The molecule has 3 nitrogen and oxygen atoms in total. The van der Waals surface area contributed by atoms with Crippen LogP contribution in [0.4, 0.5) is 5.69 Å². The average molecular weight is 322 g/mol. The zero-order valence-electron chi connectivity index (χ0n) is 14.7. The summed E-state index contributed by atoms with van der Waals surface area (Å²) >= 11 is 0. The van der Waals surface area contributed by atoms with Gasteiger partial charge in [-0.2, -0.15) is 0 Å². The number of benzene rings is 2. The van der Waals surface area contributed by atoms with E-state index in [0.717, 1.165) is 32.6 Å². The van der Waals surface area contributed by atoms with Crippen molar-refractivity contribution in [1.29, 1.82) is 0 Å². The molecule has 1 saturated heterocycles. The van der Waals surface area contributed by atoms with Crippen LogP contribution in [0.5, 0.6) is 0 Å². The van der Waals surface area contributed by atoms with Crippen molar-refractivity contribution in [2.24, 2.45) is 0 Å². The van der Waals surface area contributed by atoms with Gasteiger partial charge in [0.15, 0.2) is 0 Å². The van der Waals surface area contributed by atoms with E-state index in [9.17, 15) is 4.79 Å². The molecule has 3 rings (SSSR count). The molecule has 1 fully saturated rings. The van der Waals surface area contributed by atoms with Gasteiger partial charge < -0.3 is 9.80 Å². The van der Waals surface area contributed by atoms with Crippen LogP contribution in [-0.4, -0.2) is 37.0 Å². The Balaban J connectivity index is 1.52. The molecule has 1 amide bonds. The number of rotatable bonds is 4. The zero-order chi connectivity index (χ0) is 16.9. The van der Waals surface area contributed by atoms with E-state index < -0.39 is 0 Å². The number of amides is 1. The highest BCUT2D eigenvalue weighted by molar-refractivity contribution is 5.76. The van der Waals surface area contributed by atoms with Gasteiger partial charge in [0.2, 0.25) is 5.91 Å². The van der Waals surface area contributed by atoms with Crippen LogP contribution in [0.1, 0.15) is 23.1 Å². The summed E-state index contributed by atoms with van der Waals surface area (Å²) in [5.41, 5.74) is 5.11. The molecule has 3 heteroatoms. The van der Waals surface area contributed by atoms with Crippen LogP contribution in [0.3, 0.4) is 0 Å². The molecule has 0 unspecified atom stereocenters. The third-order valence-corrected chi connectivity index (χ3v) is 4.67. The van der Waals surface area contributed by atoms with Gasteiger partial charge in [-0.25, -0.2) is 0 Å². The Bertz CT molecular complexity index is 668. The van der Waals surface area contributed by atoms with Crippen molar-refractivity contribution in [1.82, 2.24) is 4.90 Å². The summed E-state index contributed by atoms with van der Waals surface area (Å²) in [6, 6.07) is 16.9. The number of hydrogen-bond donors (Lipinski definition) is 0. The van der Waals surface area contributed by atoms with Gasteiger partial charge in [0.25, 0.3) is 0 Å². The summed E-state index contributed by atoms with van der Waals surface area (Å²) in [5.74, 6) is 0.277. The lowest BCUT2D eigenvalue weighted by atomic mass is 10.1. The number of aryl methyl sites for hydroxylation is 3. The first-order valence-corrected chi connectivity index (χ1v) is 8.77. The molecule has 2 aromatic rings. The first kappa shape index (κ1) is 16.6. The van der Waals surface area contributed by atoms with Crippen LogP contribution in [0.25, 0.3) is 0 Å². The minimum Gasteiger partial charge on any atom is -0.368 e. The van der Waals surface area contributed by atoms with E-state index in [-0.39, 0.29) is 5.91 Å². The number of hydrogen-bond acceptors (Lipinski definition) is 2. The Morgan fingerprint density at radius 3 is 2.17 bits per heavy atom. The van der Waals surface area contributed by atoms with Crippen molar-refractivity contribution in [3.8, 4) is 0 Å². The maximum Gasteiger partial charge on any atom is 0.223 e. The van der Waals surface area contributed by atoms with Gasteiger partial charge in [-0.15, -0.1) is 0 Å². The average Bonchev–Trinajstić information content (AvgIpc) is 2.60. The molecule has 0 atom stereocenters. The highest BCUT2D eigenvalue weighted by Crippen LogP contribution is 2.20. The zero-order valence-corrected chi connectivity index (χ0v) is 14.7. The van der Waals surface area contributed by atoms with Crippen LogP contribution < -0.4 is 4.90 Å². The summed E-state index contributed by atoms with van der Waals surface area (Å²) in [7, 11) is 0. The molecule has 0 aliphatic carbocycles. The Morgan fingerprint density at radius 2 is 1.54 bits per heavy atom. The van der Waals surface area contributed by atoms with Crippen molar-refractivity contribution < 1.29 is 4.79 Å². The van der Waals surface area contributed by atoms with Crippen molar-refractivity contribution in [3.05, 3.63) is 65.2 Å². The third kappa shape index (κ3) is 4.16. The van der Waals surface area contributed by atoms with Crippen LogP contribution >= 0.6 is 0 Å². The van der Waals surface area contributed by atoms with Gasteiger partial charge in [-0.3, -0.25) is 4.79 Å². The summed E-state index contributed by atoms with van der Waals surface area (Å²) in [5, 5.41) is 0. The fraction of sp³-hybridized carbons (Fsp3) is 0.381. The highest BCUT2D eigenvalue weighted by atomic mass is 16.2. The standard InChI is InChI=1S/C21H26N2O/c1-17-14-18(2)16-20(15-17)22-10-12-23(13-11-22)21(24)9-8-19-6-4-3-5-7-19/h3-7,14-16H,8-13H2,1-2H3. The maximum absolute atomic E-state index is 12.4. The summed E-state index contributed by atoms with van der Waals surface area (Å²) < 4.78 is 0. The number of piperazine rings is 1. The Kier molecular flexibility index (Phi) is 5.19. The lowest BCUT2D eigenvalue weighted by Crippen LogP contribution is -2.48. The second kappa shape index (κ2) is 7.52. The second-order valence-electron chi connectivity index (χ2n) is 6.70. The van der Waals surface area contributed by atoms with Gasteiger partial charge in [0.05, 0.1) is 0 Å². The summed E-state index contributed by atoms with van der Waals surface area (Å²) in [6.45, 7) is 7.75. The molecule has 2 aromatic carbocycles. The molecule has 0 spiro atoms. The minimum atomic E-state index is 0.277. The van der Waals surface area contributed by atoms with Gasteiger partial charge in [-0.1, -0.05) is 36.4 Å². The number of carbonyl (C=O) groups excluding carboxylic acids is 1. The molecule has 1 aliphatic rings. The predicted octanol–water partition coefficient (Wildman–Crippen LogP) is 3.58. The normalized spacial score (nSPS) is 14.8. The smallest absolute Gasteiger partial charge is 0.223 e. The summed E-state index contributed by atoms with van der Waals surface area (Å²) in [4.78, 5) is 16.8. The molecular weight excluding hydrogens is 296 g/mol. The first-order valence-electron chi connectivity index (χ1n) is 8.77. The summed E-state index contributed by atoms with van der Waals surface area (Å²) in [6.07, 6.45) is 1.44. The second-order valence-corrected chi connectivity index (χ2v) is 6.70. The minimum absolute atomic E-state index is 0.277. The van der Waals surface area contributed by atoms with E-state index in [0.29, 0.717) is 6.42 Å². The first-order chi connectivity index (χ1) is 11.6. The van der Waals surface area contributed by atoms with E-state index >= 15 is 0 Å². The Hall–Kier alpha value is -2.29. The molecule has 0 radical (unpaired) electrons. The van der Waals surface area contributed by atoms with Crippen molar-refractivity contribution >= 4 is 11.6 Å². The predicted molar refractivity (Wildman–Crippen MR) is 99.5 cm³/mol. The van der Waals surface area contributed by atoms with E-state index in [1.807, 2.05) is 23.1 Å². The molecule has 0 aromatic heterocycles. The van der Waals surface area contributed by atoms with Crippen molar-refractivity contribution in [3.63, 3.8) is 0 Å². The van der Waals surface area contributed by atoms with Gasteiger partial charge in [0.1, 0.15) is 0 Å². The molecule has 1 heterocycles. The van der Waals surface area contributed by atoms with Crippen LogP contribution in [0.15, 0.2) is 48.5 Å². The molecule has 0 bridgehead atoms. The van der Waals surface area contributed by atoms with Crippen LogP contribution in [0.2, 0.25) is 0 Å². The Morgan fingerprint density at radius 1 is 0.917 bits per heavy atom. The van der Waals surface area contributed by atoms with E-state index in [2.05, 4.69) is 49.1 Å². The molecule has 126 valence electrons. The van der Waals surface area contributed by atoms with E-state index in [1.54, 1.807) is 0 Å². The van der Waals surface area contributed by atoms with E-state index in [4.69, 9.17) is 0 Å². The number of anilines is 1. The number of nitrogens with zero attached hydrogens (tertiary/aromatic N) is 2. The van der Waals surface area contributed by atoms with Crippen LogP contribution in [-0.2, 0) is 11.2 Å². The molecular formula is C21H26N2O. The van der Waals surface area contributed by atoms with Crippen LogP contribution in [0, 0.1) is 13.8 Å². The lowest BCUT2D eigenvalue weighted by Gasteiger charge is -2.36. The van der Waals surface area contributed by atoms with E-state index in [1.165, 1.54) is 22.4 Å². The topological polar surface area (TPSA) is 23.6 Å². The quantitative estimate of drug-likeness (QED) is 0.859. The van der Waals surface area contributed by atoms with Gasteiger partial charge >= 0.3 is 0 Å². The molecule has 1 aliphatic heterocycles.